The van der Waals surface area contributed by atoms with Crippen LogP contribution < -0.4 is 0 Å². The quantitative estimate of drug-likeness (QED) is 0.766. The van der Waals surface area contributed by atoms with Crippen LogP contribution in [-0.2, 0) is 0 Å². The van der Waals surface area contributed by atoms with Gasteiger partial charge in [0.15, 0.2) is 9.50 Å². The second-order valence-electron chi connectivity index (χ2n) is 1.69. The van der Waals surface area contributed by atoms with E-state index in [1.165, 1.54) is 18.1 Å². The molecule has 0 fully saturated rings. The zero-order valence-corrected chi connectivity index (χ0v) is 7.02. The van der Waals surface area contributed by atoms with Gasteiger partial charge < -0.3 is 0 Å². The highest BCUT2D eigenvalue weighted by Gasteiger charge is 2.00. The highest BCUT2D eigenvalue weighted by Crippen LogP contribution is 2.24. The van der Waals surface area contributed by atoms with E-state index in [0.717, 1.165) is 9.50 Å². The topological polar surface area (TPSA) is 54.5 Å². The van der Waals surface area contributed by atoms with Crippen molar-refractivity contribution in [3.63, 3.8) is 0 Å². The minimum atomic E-state index is 0.778. The summed E-state index contributed by atoms with van der Waals surface area (Å²) in [6, 6.07) is 0. The third kappa shape index (κ3) is 1.58. The number of H-pyrrole nitrogens is 1. The molecule has 0 bridgehead atoms. The van der Waals surface area contributed by atoms with Gasteiger partial charge >= 0.3 is 0 Å². The molecule has 0 radical (unpaired) electrons. The molecular formula is C5H4N4S2. The van der Waals surface area contributed by atoms with Crippen LogP contribution in [-0.4, -0.2) is 20.2 Å². The van der Waals surface area contributed by atoms with E-state index >= 15 is 0 Å². The largest absolute Gasteiger partial charge is 0.254 e. The molecule has 0 unspecified atom stereocenters. The molecule has 0 aliphatic carbocycles. The maximum Gasteiger partial charge on any atom is 0.190 e. The van der Waals surface area contributed by atoms with Crippen LogP contribution in [0.5, 0.6) is 0 Å². The third-order valence-corrected chi connectivity index (χ3v) is 2.76. The Bertz CT molecular complexity index is 269. The summed E-state index contributed by atoms with van der Waals surface area (Å²) < 4.78 is 0.974. The van der Waals surface area contributed by atoms with Crippen LogP contribution in [0.15, 0.2) is 27.4 Å². The Kier molecular flexibility index (Phi) is 1.87. The van der Waals surface area contributed by atoms with Crippen molar-refractivity contribution in [2.24, 2.45) is 0 Å². The summed E-state index contributed by atoms with van der Waals surface area (Å²) in [6.07, 6.45) is 3.25. The van der Waals surface area contributed by atoms with E-state index in [1.54, 1.807) is 17.5 Å². The molecule has 2 heterocycles. The lowest BCUT2D eigenvalue weighted by atomic mass is 11.0. The van der Waals surface area contributed by atoms with Crippen molar-refractivity contribution in [1.82, 2.24) is 20.2 Å². The van der Waals surface area contributed by atoms with Crippen LogP contribution >= 0.6 is 23.1 Å². The van der Waals surface area contributed by atoms with E-state index < -0.39 is 0 Å². The average Bonchev–Trinajstić information content (AvgIpc) is 2.60. The number of aromatic amines is 1. The number of thiazole rings is 1. The first-order chi connectivity index (χ1) is 5.45. The van der Waals surface area contributed by atoms with Crippen molar-refractivity contribution in [2.75, 3.05) is 0 Å². The number of rotatable bonds is 2. The van der Waals surface area contributed by atoms with E-state index in [0.29, 0.717) is 0 Å². The maximum absolute atomic E-state index is 4.08. The molecule has 0 aliphatic heterocycles. The van der Waals surface area contributed by atoms with E-state index in [4.69, 9.17) is 0 Å². The van der Waals surface area contributed by atoms with Gasteiger partial charge in [-0.2, -0.15) is 5.10 Å². The first kappa shape index (κ1) is 6.81. The summed E-state index contributed by atoms with van der Waals surface area (Å²) in [4.78, 5) is 8.04. The van der Waals surface area contributed by atoms with Crippen molar-refractivity contribution in [3.05, 3.63) is 17.9 Å². The molecule has 1 N–H and O–H groups in total. The second kappa shape index (κ2) is 3.02. The minimum absolute atomic E-state index is 0.778. The molecule has 4 nitrogen and oxygen atoms in total. The molecule has 0 saturated carbocycles. The summed E-state index contributed by atoms with van der Waals surface area (Å²) >= 11 is 3.06. The van der Waals surface area contributed by atoms with Crippen LogP contribution in [0, 0.1) is 0 Å². The Morgan fingerprint density at radius 2 is 2.45 bits per heavy atom. The molecule has 0 saturated heterocycles. The van der Waals surface area contributed by atoms with Gasteiger partial charge in [-0.25, -0.2) is 9.97 Å². The molecule has 0 atom stereocenters. The molecule has 0 spiro atoms. The Morgan fingerprint density at radius 1 is 1.45 bits per heavy atom. The summed E-state index contributed by atoms with van der Waals surface area (Å²) in [5, 5.41) is 9.17. The summed E-state index contributed by atoms with van der Waals surface area (Å²) in [6.45, 7) is 0. The van der Waals surface area contributed by atoms with Gasteiger partial charge in [0.2, 0.25) is 0 Å². The van der Waals surface area contributed by atoms with Gasteiger partial charge in [0.25, 0.3) is 0 Å². The van der Waals surface area contributed by atoms with Crippen LogP contribution in [0.2, 0.25) is 0 Å². The highest BCUT2D eigenvalue weighted by molar-refractivity contribution is 8.00. The fraction of sp³-hybridized carbons (Fsp3) is 0. The molecule has 2 rings (SSSR count). The Balaban J connectivity index is 2.14. The monoisotopic (exact) mass is 184 g/mol. The average molecular weight is 184 g/mol. The van der Waals surface area contributed by atoms with Gasteiger partial charge in [-0.1, -0.05) is 0 Å². The first-order valence-electron chi connectivity index (χ1n) is 2.88. The molecule has 0 amide bonds. The second-order valence-corrected chi connectivity index (χ2v) is 3.82. The summed E-state index contributed by atoms with van der Waals surface area (Å²) in [5.41, 5.74) is 0. The zero-order valence-electron chi connectivity index (χ0n) is 5.39. The lowest BCUT2D eigenvalue weighted by Crippen LogP contribution is -1.73. The smallest absolute Gasteiger partial charge is 0.190 e. The number of aromatic nitrogens is 4. The van der Waals surface area contributed by atoms with Crippen LogP contribution in [0.4, 0.5) is 0 Å². The maximum atomic E-state index is 4.08. The van der Waals surface area contributed by atoms with Gasteiger partial charge in [-0.15, -0.1) is 11.3 Å². The van der Waals surface area contributed by atoms with E-state index in [1.807, 2.05) is 5.38 Å². The van der Waals surface area contributed by atoms with Crippen molar-refractivity contribution in [3.8, 4) is 0 Å². The van der Waals surface area contributed by atoms with Crippen molar-refractivity contribution in [2.45, 2.75) is 9.50 Å². The minimum Gasteiger partial charge on any atom is -0.254 e. The predicted molar refractivity (Wildman–Crippen MR) is 42.6 cm³/mol. The molecule has 6 heteroatoms. The fourth-order valence-electron chi connectivity index (χ4n) is 0.587. The van der Waals surface area contributed by atoms with Gasteiger partial charge in [-0.05, 0) is 11.8 Å². The Labute approximate surface area is 71.1 Å². The standard InChI is InChI=1S/C5H4N4S2/c1-2-10-5(6-1)11-4-7-3-8-9-4/h1-3H,(H,7,8,9). The van der Waals surface area contributed by atoms with Crippen LogP contribution in [0.1, 0.15) is 0 Å². The lowest BCUT2D eigenvalue weighted by molar-refractivity contribution is 0.972. The van der Waals surface area contributed by atoms with E-state index in [2.05, 4.69) is 20.2 Å². The molecular weight excluding hydrogens is 180 g/mol. The van der Waals surface area contributed by atoms with Gasteiger partial charge in [0, 0.05) is 11.6 Å². The SMILES string of the molecule is c1n[nH]c(Sc2nccs2)n1. The molecule has 11 heavy (non-hydrogen) atoms. The molecule has 56 valence electrons. The Morgan fingerprint density at radius 3 is 3.09 bits per heavy atom. The normalized spacial score (nSPS) is 10.2. The summed E-state index contributed by atoms with van der Waals surface area (Å²) in [7, 11) is 0. The van der Waals surface area contributed by atoms with Gasteiger partial charge in [0.05, 0.1) is 0 Å². The third-order valence-electron chi connectivity index (χ3n) is 0.987. The zero-order chi connectivity index (χ0) is 7.52. The first-order valence-corrected chi connectivity index (χ1v) is 4.57. The number of hydrogen-bond acceptors (Lipinski definition) is 5. The Hall–Kier alpha value is -0.880. The van der Waals surface area contributed by atoms with E-state index in [9.17, 15) is 0 Å². The number of nitrogens with one attached hydrogen (secondary N) is 1. The predicted octanol–water partition coefficient (Wildman–Crippen LogP) is 1.41. The molecule has 2 aromatic heterocycles. The lowest BCUT2D eigenvalue weighted by Gasteiger charge is -1.86. The fourth-order valence-corrected chi connectivity index (χ4v) is 2.02. The van der Waals surface area contributed by atoms with Gasteiger partial charge in [0.1, 0.15) is 6.33 Å². The molecule has 2 aromatic rings. The van der Waals surface area contributed by atoms with Crippen LogP contribution in [0.25, 0.3) is 0 Å². The van der Waals surface area contributed by atoms with Crippen LogP contribution in [0.3, 0.4) is 0 Å². The van der Waals surface area contributed by atoms with Crippen molar-refractivity contribution >= 4 is 23.1 Å². The van der Waals surface area contributed by atoms with Gasteiger partial charge in [-0.3, -0.25) is 5.10 Å². The molecule has 0 aromatic carbocycles. The highest BCUT2D eigenvalue weighted by atomic mass is 32.2. The van der Waals surface area contributed by atoms with Crippen molar-refractivity contribution in [1.29, 1.82) is 0 Å². The number of hydrogen-bond donors (Lipinski definition) is 1. The van der Waals surface area contributed by atoms with Crippen molar-refractivity contribution < 1.29 is 0 Å². The van der Waals surface area contributed by atoms with E-state index in [-0.39, 0.29) is 0 Å². The summed E-state index contributed by atoms with van der Waals surface area (Å²) in [5.74, 6) is 0. The number of nitrogens with zero attached hydrogens (tertiary/aromatic N) is 3. The molecule has 0 aliphatic rings.